The number of aromatic nitrogens is 1. The Balaban J connectivity index is 1.63. The molecule has 1 aliphatic heterocycles. The Kier molecular flexibility index (Phi) is 6.24. The van der Waals surface area contributed by atoms with Gasteiger partial charge in [-0.2, -0.15) is 0 Å². The Morgan fingerprint density at radius 3 is 2.28 bits per heavy atom. The van der Waals surface area contributed by atoms with Crippen LogP contribution < -0.4 is 0 Å². The van der Waals surface area contributed by atoms with E-state index in [0.29, 0.717) is 18.4 Å². The molecule has 158 valence electrons. The second-order valence-corrected chi connectivity index (χ2v) is 8.19. The van der Waals surface area contributed by atoms with E-state index in [0.717, 1.165) is 42.1 Å². The number of imide groups is 1. The number of hydrogen-bond acceptors (Lipinski definition) is 5. The van der Waals surface area contributed by atoms with Crippen molar-refractivity contribution >= 4 is 23.6 Å². The molecule has 3 atom stereocenters. The molecule has 2 heterocycles. The number of carbonyl (C=O) groups excluding carboxylic acids is 4. The van der Waals surface area contributed by atoms with Crippen LogP contribution in [0.25, 0.3) is 0 Å². The fourth-order valence-corrected chi connectivity index (χ4v) is 4.66. The van der Waals surface area contributed by atoms with Crippen LogP contribution >= 0.6 is 0 Å². The lowest BCUT2D eigenvalue weighted by Gasteiger charge is -2.21. The van der Waals surface area contributed by atoms with Gasteiger partial charge in [-0.25, -0.2) is 4.79 Å². The highest BCUT2D eigenvalue weighted by Gasteiger charge is 2.51. The van der Waals surface area contributed by atoms with Crippen LogP contribution in [-0.4, -0.2) is 45.7 Å². The van der Waals surface area contributed by atoms with Crippen molar-refractivity contribution in [1.82, 2.24) is 9.47 Å². The topological polar surface area (TPSA) is 85.7 Å². The Morgan fingerprint density at radius 2 is 1.72 bits per heavy atom. The summed E-state index contributed by atoms with van der Waals surface area (Å²) in [4.78, 5) is 51.4. The van der Waals surface area contributed by atoms with E-state index >= 15 is 0 Å². The number of Topliss-reactive ketones (excluding diaryl/α,β-unsaturated/α-hetero) is 1. The molecule has 2 aliphatic rings. The van der Waals surface area contributed by atoms with E-state index in [1.54, 1.807) is 0 Å². The van der Waals surface area contributed by atoms with E-state index in [1.807, 2.05) is 19.9 Å². The fourth-order valence-electron chi connectivity index (χ4n) is 4.66. The van der Waals surface area contributed by atoms with Gasteiger partial charge in [-0.3, -0.25) is 19.3 Å². The quantitative estimate of drug-likeness (QED) is 0.398. The number of amides is 2. The molecule has 0 spiro atoms. The highest BCUT2D eigenvalue weighted by atomic mass is 16.5. The van der Waals surface area contributed by atoms with Crippen LogP contribution in [0.3, 0.4) is 0 Å². The first kappa shape index (κ1) is 21.3. The molecule has 1 aromatic heterocycles. The molecule has 1 aromatic rings. The van der Waals surface area contributed by atoms with E-state index in [2.05, 4.69) is 11.5 Å². The first-order chi connectivity index (χ1) is 13.8. The molecule has 7 nitrogen and oxygen atoms in total. The maximum absolute atomic E-state index is 12.6. The molecular weight excluding hydrogens is 372 g/mol. The van der Waals surface area contributed by atoms with Crippen molar-refractivity contribution in [2.75, 3.05) is 6.61 Å². The van der Waals surface area contributed by atoms with Gasteiger partial charge in [0.2, 0.25) is 17.6 Å². The van der Waals surface area contributed by atoms with Crippen molar-refractivity contribution in [2.45, 2.75) is 72.4 Å². The van der Waals surface area contributed by atoms with Crippen molar-refractivity contribution in [3.05, 3.63) is 23.0 Å². The summed E-state index contributed by atoms with van der Waals surface area (Å²) in [5, 5.41) is 0. The van der Waals surface area contributed by atoms with Crippen molar-refractivity contribution in [3.63, 3.8) is 0 Å². The molecule has 1 saturated heterocycles. The average molecular weight is 402 g/mol. The smallest absolute Gasteiger partial charge is 0.329 e. The van der Waals surface area contributed by atoms with Crippen molar-refractivity contribution in [2.24, 2.45) is 11.8 Å². The summed E-state index contributed by atoms with van der Waals surface area (Å²) in [6.45, 7) is 7.81. The molecule has 0 aromatic carbocycles. The van der Waals surface area contributed by atoms with Crippen LogP contribution in [0.5, 0.6) is 0 Å². The summed E-state index contributed by atoms with van der Waals surface area (Å²) >= 11 is 0. The molecule has 1 aliphatic carbocycles. The Hall–Kier alpha value is -2.44. The molecule has 7 heteroatoms. The second-order valence-electron chi connectivity index (χ2n) is 8.19. The van der Waals surface area contributed by atoms with E-state index in [4.69, 9.17) is 4.74 Å². The lowest BCUT2D eigenvalue weighted by atomic mass is 9.81. The molecule has 0 bridgehead atoms. The Morgan fingerprint density at radius 1 is 1.14 bits per heavy atom. The molecule has 0 N–H and O–H groups in total. The van der Waals surface area contributed by atoms with Gasteiger partial charge in [0.05, 0.1) is 11.8 Å². The van der Waals surface area contributed by atoms with Crippen molar-refractivity contribution in [1.29, 1.82) is 0 Å². The summed E-state index contributed by atoms with van der Waals surface area (Å²) in [5.41, 5.74) is 2.38. The van der Waals surface area contributed by atoms with Crippen LogP contribution in [0.15, 0.2) is 6.07 Å². The number of carbonyl (C=O) groups is 4. The Labute approximate surface area is 171 Å². The normalized spacial score (nSPS) is 22.6. The van der Waals surface area contributed by atoms with Gasteiger partial charge in [-0.05, 0) is 46.1 Å². The zero-order valence-electron chi connectivity index (χ0n) is 17.7. The first-order valence-corrected chi connectivity index (χ1v) is 10.5. The van der Waals surface area contributed by atoms with Crippen molar-refractivity contribution < 1.29 is 23.9 Å². The molecule has 2 fully saturated rings. The van der Waals surface area contributed by atoms with Gasteiger partial charge in [0.25, 0.3) is 0 Å². The third-order valence-electron chi connectivity index (χ3n) is 6.27. The zero-order chi connectivity index (χ0) is 21.3. The first-order valence-electron chi connectivity index (χ1n) is 10.5. The third-order valence-corrected chi connectivity index (χ3v) is 6.27. The van der Waals surface area contributed by atoms with E-state index in [-0.39, 0.29) is 29.4 Å². The SMILES string of the molecule is CCCn1c(C)cc(C(=O)COC(=O)[C@H](C)N2C(=O)[C@H]3CCCC[C@@H]3C2=O)c1C. The van der Waals surface area contributed by atoms with Crippen LogP contribution in [0.2, 0.25) is 0 Å². The summed E-state index contributed by atoms with van der Waals surface area (Å²) in [7, 11) is 0. The number of hydrogen-bond donors (Lipinski definition) is 0. The monoisotopic (exact) mass is 402 g/mol. The van der Waals surface area contributed by atoms with Crippen LogP contribution in [0, 0.1) is 25.7 Å². The van der Waals surface area contributed by atoms with E-state index < -0.39 is 18.6 Å². The minimum absolute atomic E-state index is 0.279. The molecule has 0 radical (unpaired) electrons. The molecule has 29 heavy (non-hydrogen) atoms. The highest BCUT2D eigenvalue weighted by molar-refractivity contribution is 6.08. The molecule has 1 saturated carbocycles. The minimum atomic E-state index is -1.01. The average Bonchev–Trinajstić information content (AvgIpc) is 3.13. The number of ether oxygens (including phenoxy) is 1. The lowest BCUT2D eigenvalue weighted by molar-refractivity contribution is -0.157. The number of rotatable bonds is 7. The highest BCUT2D eigenvalue weighted by Crippen LogP contribution is 2.38. The lowest BCUT2D eigenvalue weighted by Crippen LogP contribution is -2.44. The predicted molar refractivity (Wildman–Crippen MR) is 106 cm³/mol. The third kappa shape index (κ3) is 3.87. The number of nitrogens with zero attached hydrogens (tertiary/aromatic N) is 2. The maximum Gasteiger partial charge on any atom is 0.329 e. The molecule has 3 rings (SSSR count). The standard InChI is InChI=1S/C22H30N2O5/c1-5-10-23-13(2)11-18(14(23)3)19(25)12-29-22(28)15(4)24-20(26)16-8-6-7-9-17(16)21(24)27/h11,15-17H,5-10,12H2,1-4H3/t15-,16-,17-/m0/s1. The van der Waals surface area contributed by atoms with Gasteiger partial charge in [-0.15, -0.1) is 0 Å². The Bertz CT molecular complexity index is 817. The number of esters is 1. The minimum Gasteiger partial charge on any atom is -0.456 e. The molecule has 2 amide bonds. The van der Waals surface area contributed by atoms with Crippen molar-refractivity contribution in [3.8, 4) is 0 Å². The summed E-state index contributed by atoms with van der Waals surface area (Å²) in [6.07, 6.45) is 4.20. The van der Waals surface area contributed by atoms with Gasteiger partial charge in [-0.1, -0.05) is 19.8 Å². The number of likely N-dealkylation sites (tertiary alicyclic amines) is 1. The number of ketones is 1. The predicted octanol–water partition coefficient (Wildman–Crippen LogP) is 2.80. The summed E-state index contributed by atoms with van der Waals surface area (Å²) in [6, 6.07) is 0.795. The van der Waals surface area contributed by atoms with Crippen LogP contribution in [-0.2, 0) is 25.7 Å². The van der Waals surface area contributed by atoms with E-state index in [9.17, 15) is 19.2 Å². The van der Waals surface area contributed by atoms with Crippen LogP contribution in [0.4, 0.5) is 0 Å². The number of aryl methyl sites for hydroxylation is 1. The van der Waals surface area contributed by atoms with Crippen LogP contribution in [0.1, 0.15) is 67.7 Å². The van der Waals surface area contributed by atoms with Gasteiger partial charge in [0, 0.05) is 23.5 Å². The summed E-state index contributed by atoms with van der Waals surface area (Å²) < 4.78 is 7.27. The summed E-state index contributed by atoms with van der Waals surface area (Å²) in [5.74, 6) is -2.18. The van der Waals surface area contributed by atoms with Gasteiger partial charge >= 0.3 is 5.97 Å². The van der Waals surface area contributed by atoms with Gasteiger partial charge in [0.1, 0.15) is 6.04 Å². The fraction of sp³-hybridized carbons (Fsp3) is 0.636. The van der Waals surface area contributed by atoms with E-state index in [1.165, 1.54) is 6.92 Å². The molecular formula is C22H30N2O5. The maximum atomic E-state index is 12.6. The van der Waals surface area contributed by atoms with Gasteiger partial charge in [0.15, 0.2) is 6.61 Å². The van der Waals surface area contributed by atoms with Gasteiger partial charge < -0.3 is 9.30 Å². The second kappa shape index (κ2) is 8.51. The number of fused-ring (bicyclic) bond motifs is 1. The zero-order valence-corrected chi connectivity index (χ0v) is 17.7. The molecule has 0 unspecified atom stereocenters. The largest absolute Gasteiger partial charge is 0.456 e.